The average molecular weight is 294 g/mol. The molecule has 1 aromatic rings. The van der Waals surface area contributed by atoms with Gasteiger partial charge in [-0.3, -0.25) is 0 Å². The van der Waals surface area contributed by atoms with E-state index in [0.29, 0.717) is 30.0 Å². The van der Waals surface area contributed by atoms with Crippen LogP contribution >= 0.6 is 12.2 Å². The first-order chi connectivity index (χ1) is 9.66. The maximum atomic E-state index is 13.5. The first-order valence-electron chi connectivity index (χ1n) is 7.44. The van der Waals surface area contributed by atoms with Crippen LogP contribution in [0.15, 0.2) is 24.3 Å². The van der Waals surface area contributed by atoms with Gasteiger partial charge >= 0.3 is 0 Å². The summed E-state index contributed by atoms with van der Waals surface area (Å²) in [5.74, 6) is 0.532. The molecule has 1 aliphatic carbocycles. The molecule has 0 spiro atoms. The summed E-state index contributed by atoms with van der Waals surface area (Å²) in [6, 6.07) is 7.37. The summed E-state index contributed by atoms with van der Waals surface area (Å²) < 4.78 is 13.5. The molecule has 0 aromatic heterocycles. The molecule has 0 heterocycles. The lowest BCUT2D eigenvalue weighted by Gasteiger charge is -2.30. The average Bonchev–Trinajstić information content (AvgIpc) is 2.43. The second-order valence-corrected chi connectivity index (χ2v) is 6.02. The summed E-state index contributed by atoms with van der Waals surface area (Å²) in [5.41, 5.74) is 0.730. The molecule has 0 radical (unpaired) electrons. The van der Waals surface area contributed by atoms with Gasteiger partial charge in [0.1, 0.15) is 5.82 Å². The van der Waals surface area contributed by atoms with Crippen LogP contribution in [-0.2, 0) is 6.42 Å². The van der Waals surface area contributed by atoms with Crippen molar-refractivity contribution in [1.82, 2.24) is 10.6 Å². The summed E-state index contributed by atoms with van der Waals surface area (Å²) in [5, 5.41) is 7.27. The third-order valence-corrected chi connectivity index (χ3v) is 4.33. The Hall–Kier alpha value is -1.16. The lowest BCUT2D eigenvalue weighted by molar-refractivity contribution is 0.308. The normalized spacial score (nSPS) is 22.3. The standard InChI is InChI=1S/C16H23FN2S/c1-12-6-2-5-9-15(12)19-16(20)18-11-10-13-7-3-4-8-14(13)17/h3-4,7-8,12,15H,2,5-6,9-11H2,1H3,(H2,18,19,20)/t12-,15+/m0/s1. The highest BCUT2D eigenvalue weighted by Crippen LogP contribution is 2.23. The van der Waals surface area contributed by atoms with Crippen LogP contribution in [0.5, 0.6) is 0 Å². The van der Waals surface area contributed by atoms with Crippen LogP contribution in [0.4, 0.5) is 4.39 Å². The first kappa shape index (κ1) is 15.2. The Bertz CT molecular complexity index is 450. The quantitative estimate of drug-likeness (QED) is 0.832. The maximum absolute atomic E-state index is 13.5. The second kappa shape index (κ2) is 7.58. The summed E-state index contributed by atoms with van der Waals surface area (Å²) in [6.07, 6.45) is 5.72. The topological polar surface area (TPSA) is 24.1 Å². The lowest BCUT2D eigenvalue weighted by Crippen LogP contribution is -2.46. The lowest BCUT2D eigenvalue weighted by atomic mass is 9.86. The smallest absolute Gasteiger partial charge is 0.166 e. The number of thiocarbonyl (C=S) groups is 1. The number of rotatable bonds is 4. The number of hydrogen-bond donors (Lipinski definition) is 2. The van der Waals surface area contributed by atoms with Gasteiger partial charge in [-0.25, -0.2) is 4.39 Å². The van der Waals surface area contributed by atoms with Crippen molar-refractivity contribution in [3.8, 4) is 0 Å². The van der Waals surface area contributed by atoms with E-state index in [0.717, 1.165) is 5.56 Å². The molecule has 0 unspecified atom stereocenters. The zero-order valence-electron chi connectivity index (χ0n) is 12.0. The van der Waals surface area contributed by atoms with Crippen molar-refractivity contribution >= 4 is 17.3 Å². The molecule has 2 rings (SSSR count). The van der Waals surface area contributed by atoms with Crippen LogP contribution in [0.2, 0.25) is 0 Å². The molecular weight excluding hydrogens is 271 g/mol. The highest BCUT2D eigenvalue weighted by atomic mass is 32.1. The van der Waals surface area contributed by atoms with Crippen LogP contribution in [0.25, 0.3) is 0 Å². The Balaban J connectivity index is 1.71. The van der Waals surface area contributed by atoms with Gasteiger partial charge in [0.15, 0.2) is 5.11 Å². The first-order valence-corrected chi connectivity index (χ1v) is 7.85. The summed E-state index contributed by atoms with van der Waals surface area (Å²) in [4.78, 5) is 0. The maximum Gasteiger partial charge on any atom is 0.166 e. The Labute approximate surface area is 126 Å². The Morgan fingerprint density at radius 3 is 2.80 bits per heavy atom. The van der Waals surface area contributed by atoms with Gasteiger partial charge in [-0.15, -0.1) is 0 Å². The van der Waals surface area contributed by atoms with E-state index in [4.69, 9.17) is 12.2 Å². The van der Waals surface area contributed by atoms with Gasteiger partial charge in [0, 0.05) is 12.6 Å². The van der Waals surface area contributed by atoms with Crippen LogP contribution in [0.1, 0.15) is 38.2 Å². The molecule has 0 aliphatic heterocycles. The van der Waals surface area contributed by atoms with E-state index in [1.165, 1.54) is 31.7 Å². The van der Waals surface area contributed by atoms with E-state index >= 15 is 0 Å². The highest BCUT2D eigenvalue weighted by molar-refractivity contribution is 7.80. The molecule has 2 atom stereocenters. The Kier molecular flexibility index (Phi) is 5.77. The minimum absolute atomic E-state index is 0.144. The molecule has 2 nitrogen and oxygen atoms in total. The van der Waals surface area contributed by atoms with Crippen molar-refractivity contribution in [2.75, 3.05) is 6.54 Å². The zero-order chi connectivity index (χ0) is 14.4. The Morgan fingerprint density at radius 2 is 2.05 bits per heavy atom. The molecule has 0 amide bonds. The molecule has 1 saturated carbocycles. The molecule has 1 aromatic carbocycles. The van der Waals surface area contributed by atoms with Gasteiger partial charge < -0.3 is 10.6 Å². The number of nitrogens with one attached hydrogen (secondary N) is 2. The number of hydrogen-bond acceptors (Lipinski definition) is 1. The van der Waals surface area contributed by atoms with Crippen molar-refractivity contribution in [3.63, 3.8) is 0 Å². The fraction of sp³-hybridized carbons (Fsp3) is 0.562. The van der Waals surface area contributed by atoms with Crippen molar-refractivity contribution in [2.24, 2.45) is 5.92 Å². The van der Waals surface area contributed by atoms with Gasteiger partial charge in [-0.1, -0.05) is 38.0 Å². The van der Waals surface area contributed by atoms with Crippen LogP contribution in [0.3, 0.4) is 0 Å². The van der Waals surface area contributed by atoms with Crippen molar-refractivity contribution < 1.29 is 4.39 Å². The van der Waals surface area contributed by atoms with Crippen molar-refractivity contribution in [2.45, 2.75) is 45.1 Å². The molecule has 1 aliphatic rings. The van der Waals surface area contributed by atoms with Crippen LogP contribution in [-0.4, -0.2) is 17.7 Å². The van der Waals surface area contributed by atoms with E-state index < -0.39 is 0 Å². The highest BCUT2D eigenvalue weighted by Gasteiger charge is 2.21. The zero-order valence-corrected chi connectivity index (χ0v) is 12.8. The summed E-state index contributed by atoms with van der Waals surface area (Å²) in [7, 11) is 0. The Morgan fingerprint density at radius 1 is 1.30 bits per heavy atom. The van der Waals surface area contributed by atoms with Crippen molar-refractivity contribution in [3.05, 3.63) is 35.6 Å². The molecule has 0 saturated heterocycles. The molecule has 4 heteroatoms. The van der Waals surface area contributed by atoms with Gasteiger partial charge in [0.25, 0.3) is 0 Å². The largest absolute Gasteiger partial charge is 0.362 e. The second-order valence-electron chi connectivity index (χ2n) is 5.61. The minimum Gasteiger partial charge on any atom is -0.362 e. The van der Waals surface area contributed by atoms with Crippen LogP contribution in [0, 0.1) is 11.7 Å². The molecule has 2 N–H and O–H groups in total. The fourth-order valence-corrected chi connectivity index (χ4v) is 3.02. The molecule has 1 fully saturated rings. The fourth-order valence-electron chi connectivity index (χ4n) is 2.76. The van der Waals surface area contributed by atoms with Gasteiger partial charge in [-0.2, -0.15) is 0 Å². The number of benzene rings is 1. The third kappa shape index (κ3) is 4.44. The molecule has 110 valence electrons. The molecule has 20 heavy (non-hydrogen) atoms. The van der Waals surface area contributed by atoms with Crippen LogP contribution < -0.4 is 10.6 Å². The predicted molar refractivity (Wildman–Crippen MR) is 85.3 cm³/mol. The molecular formula is C16H23FN2S. The SMILES string of the molecule is C[C@H]1CCCC[C@H]1NC(=S)NCCc1ccccc1F. The van der Waals surface area contributed by atoms with Gasteiger partial charge in [-0.05, 0) is 49.0 Å². The summed E-state index contributed by atoms with van der Waals surface area (Å²) in [6.45, 7) is 2.94. The van der Waals surface area contributed by atoms with E-state index in [-0.39, 0.29) is 5.82 Å². The van der Waals surface area contributed by atoms with E-state index in [9.17, 15) is 4.39 Å². The van der Waals surface area contributed by atoms with E-state index in [1.807, 2.05) is 12.1 Å². The van der Waals surface area contributed by atoms with Gasteiger partial charge in [0.05, 0.1) is 0 Å². The van der Waals surface area contributed by atoms with E-state index in [2.05, 4.69) is 17.6 Å². The van der Waals surface area contributed by atoms with Gasteiger partial charge in [0.2, 0.25) is 0 Å². The summed E-state index contributed by atoms with van der Waals surface area (Å²) >= 11 is 5.32. The third-order valence-electron chi connectivity index (χ3n) is 4.07. The predicted octanol–water partition coefficient (Wildman–Crippen LogP) is 3.41. The monoisotopic (exact) mass is 294 g/mol. The van der Waals surface area contributed by atoms with Crippen molar-refractivity contribution in [1.29, 1.82) is 0 Å². The van der Waals surface area contributed by atoms with E-state index in [1.54, 1.807) is 6.07 Å². The minimum atomic E-state index is -0.144. The molecule has 0 bridgehead atoms. The number of halogens is 1.